The summed E-state index contributed by atoms with van der Waals surface area (Å²) in [4.78, 5) is 9.99. The Morgan fingerprint density at radius 3 is 2.67 bits per heavy atom. The van der Waals surface area contributed by atoms with E-state index in [-0.39, 0.29) is 4.92 Å². The van der Waals surface area contributed by atoms with Crippen molar-refractivity contribution >= 4 is 0 Å². The largest absolute Gasteiger partial charge is 0.259 e. The van der Waals surface area contributed by atoms with Gasteiger partial charge in [0.25, 0.3) is 0 Å². The Bertz CT molecular complexity index is 274. The second-order valence-corrected chi connectivity index (χ2v) is 2.66. The molecule has 0 unspecified atom stereocenters. The van der Waals surface area contributed by atoms with E-state index in [1.54, 1.807) is 6.08 Å². The van der Waals surface area contributed by atoms with Crippen molar-refractivity contribution in [2.24, 2.45) is 0 Å². The molecule has 0 spiro atoms. The third kappa shape index (κ3) is 2.05. The van der Waals surface area contributed by atoms with Crippen molar-refractivity contribution in [1.82, 2.24) is 0 Å². The lowest BCUT2D eigenvalue weighted by molar-refractivity contribution is -0.428. The Labute approximate surface area is 71.2 Å². The summed E-state index contributed by atoms with van der Waals surface area (Å²) in [5, 5.41) is 10.3. The van der Waals surface area contributed by atoms with E-state index >= 15 is 0 Å². The molecular formula is C9H11NO2. The first-order valence-corrected chi connectivity index (χ1v) is 3.91. The highest BCUT2D eigenvalue weighted by atomic mass is 16.6. The lowest BCUT2D eigenvalue weighted by atomic mass is 10.0. The van der Waals surface area contributed by atoms with Gasteiger partial charge in [0.15, 0.2) is 0 Å². The van der Waals surface area contributed by atoms with Gasteiger partial charge in [0.2, 0.25) is 5.70 Å². The third-order valence-corrected chi connectivity index (χ3v) is 1.77. The van der Waals surface area contributed by atoms with Crippen LogP contribution in [0.4, 0.5) is 0 Å². The second-order valence-electron chi connectivity index (χ2n) is 2.66. The molecule has 0 amide bonds. The summed E-state index contributed by atoms with van der Waals surface area (Å²) < 4.78 is 0. The van der Waals surface area contributed by atoms with Crippen LogP contribution in [0.3, 0.4) is 0 Å². The molecule has 0 saturated heterocycles. The maximum atomic E-state index is 10.3. The van der Waals surface area contributed by atoms with E-state index in [9.17, 15) is 10.1 Å². The highest BCUT2D eigenvalue weighted by Gasteiger charge is 2.13. The number of nitro groups is 1. The Balaban J connectivity index is 2.73. The first-order chi connectivity index (χ1) is 5.74. The Morgan fingerprint density at radius 2 is 2.25 bits per heavy atom. The molecule has 12 heavy (non-hydrogen) atoms. The monoisotopic (exact) mass is 165 g/mol. The van der Waals surface area contributed by atoms with E-state index in [0.717, 1.165) is 12.0 Å². The van der Waals surface area contributed by atoms with Crippen LogP contribution >= 0.6 is 0 Å². The summed E-state index contributed by atoms with van der Waals surface area (Å²) in [5.74, 6) is 0. The normalized spacial score (nSPS) is 17.4. The van der Waals surface area contributed by atoms with Gasteiger partial charge in [0.1, 0.15) is 0 Å². The molecule has 3 heteroatoms. The van der Waals surface area contributed by atoms with Crippen LogP contribution in [0, 0.1) is 10.1 Å². The summed E-state index contributed by atoms with van der Waals surface area (Å²) in [6, 6.07) is 0. The fourth-order valence-electron chi connectivity index (χ4n) is 1.15. The van der Waals surface area contributed by atoms with Gasteiger partial charge in [-0.15, -0.1) is 0 Å². The Kier molecular flexibility index (Phi) is 2.80. The number of hydrogen-bond donors (Lipinski definition) is 0. The van der Waals surface area contributed by atoms with Gasteiger partial charge in [-0.25, -0.2) is 0 Å². The maximum Gasteiger partial charge on any atom is 0.246 e. The zero-order valence-electron chi connectivity index (χ0n) is 6.99. The molecule has 0 aliphatic heterocycles. The lowest BCUT2D eigenvalue weighted by Gasteiger charge is -2.04. The molecular weight excluding hydrogens is 154 g/mol. The van der Waals surface area contributed by atoms with Gasteiger partial charge in [-0.1, -0.05) is 18.2 Å². The minimum absolute atomic E-state index is 0.309. The van der Waals surface area contributed by atoms with Gasteiger partial charge in [-0.2, -0.15) is 0 Å². The average molecular weight is 165 g/mol. The predicted molar refractivity (Wildman–Crippen MR) is 47.2 cm³/mol. The van der Waals surface area contributed by atoms with Gasteiger partial charge in [0.05, 0.1) is 4.92 Å². The standard InChI is InChI=1S/C9H11NO2/c1-2-3-8-4-6-9(7-5-8)10(11)12/h2-4,6H,5,7H2,1H3/b3-2+. The first kappa shape index (κ1) is 8.71. The third-order valence-electron chi connectivity index (χ3n) is 1.77. The van der Waals surface area contributed by atoms with Crippen LogP contribution in [-0.4, -0.2) is 4.92 Å². The number of rotatable bonds is 2. The molecule has 3 nitrogen and oxygen atoms in total. The molecule has 1 rings (SSSR count). The smallest absolute Gasteiger partial charge is 0.246 e. The zero-order valence-corrected chi connectivity index (χ0v) is 6.99. The molecule has 0 radical (unpaired) electrons. The highest BCUT2D eigenvalue weighted by Crippen LogP contribution is 2.19. The molecule has 0 heterocycles. The van der Waals surface area contributed by atoms with Gasteiger partial charge < -0.3 is 0 Å². The van der Waals surface area contributed by atoms with E-state index in [1.807, 2.05) is 25.2 Å². The molecule has 0 bridgehead atoms. The molecule has 1 aliphatic carbocycles. The van der Waals surface area contributed by atoms with Crippen molar-refractivity contribution in [1.29, 1.82) is 0 Å². The van der Waals surface area contributed by atoms with Crippen LogP contribution in [0.1, 0.15) is 19.8 Å². The minimum atomic E-state index is -0.317. The van der Waals surface area contributed by atoms with Crippen LogP contribution < -0.4 is 0 Å². The molecule has 0 atom stereocenters. The summed E-state index contributed by atoms with van der Waals surface area (Å²) in [6.45, 7) is 1.94. The van der Waals surface area contributed by atoms with Gasteiger partial charge in [-0.05, 0) is 18.9 Å². The molecule has 0 saturated carbocycles. The fourth-order valence-corrected chi connectivity index (χ4v) is 1.15. The molecule has 0 fully saturated rings. The highest BCUT2D eigenvalue weighted by molar-refractivity contribution is 5.28. The molecule has 0 aromatic rings. The molecule has 0 aromatic carbocycles. The van der Waals surface area contributed by atoms with Gasteiger partial charge in [-0.3, -0.25) is 10.1 Å². The van der Waals surface area contributed by atoms with Gasteiger partial charge in [0, 0.05) is 12.5 Å². The van der Waals surface area contributed by atoms with Crippen molar-refractivity contribution in [3.05, 3.63) is 45.7 Å². The summed E-state index contributed by atoms with van der Waals surface area (Å²) in [7, 11) is 0. The number of hydrogen-bond acceptors (Lipinski definition) is 2. The van der Waals surface area contributed by atoms with Crippen LogP contribution in [0.25, 0.3) is 0 Å². The minimum Gasteiger partial charge on any atom is -0.259 e. The first-order valence-electron chi connectivity index (χ1n) is 3.91. The second kappa shape index (κ2) is 3.85. The summed E-state index contributed by atoms with van der Waals surface area (Å²) >= 11 is 0. The van der Waals surface area contributed by atoms with E-state index in [1.165, 1.54) is 0 Å². The zero-order chi connectivity index (χ0) is 8.97. The topological polar surface area (TPSA) is 43.1 Å². The van der Waals surface area contributed by atoms with Crippen LogP contribution in [0.5, 0.6) is 0 Å². The molecule has 0 aromatic heterocycles. The van der Waals surface area contributed by atoms with Crippen LogP contribution in [0.2, 0.25) is 0 Å². The molecule has 1 aliphatic rings. The van der Waals surface area contributed by atoms with Gasteiger partial charge >= 0.3 is 0 Å². The van der Waals surface area contributed by atoms with E-state index in [4.69, 9.17) is 0 Å². The van der Waals surface area contributed by atoms with Crippen molar-refractivity contribution in [3.8, 4) is 0 Å². The van der Waals surface area contributed by atoms with E-state index in [2.05, 4.69) is 0 Å². The SMILES string of the molecule is C/C=C/C1=CC=C([N+](=O)[O-])CC1. The predicted octanol–water partition coefficient (Wildman–Crippen LogP) is 2.44. The number of nitrogens with zero attached hydrogens (tertiary/aromatic N) is 1. The van der Waals surface area contributed by atoms with Crippen molar-refractivity contribution in [3.63, 3.8) is 0 Å². The number of allylic oxidation sites excluding steroid dienone is 6. The fraction of sp³-hybridized carbons (Fsp3) is 0.333. The lowest BCUT2D eigenvalue weighted by Crippen LogP contribution is -2.01. The molecule has 64 valence electrons. The average Bonchev–Trinajstić information content (AvgIpc) is 2.06. The summed E-state index contributed by atoms with van der Waals surface area (Å²) in [6.07, 6.45) is 8.63. The van der Waals surface area contributed by atoms with Crippen molar-refractivity contribution in [2.75, 3.05) is 0 Å². The van der Waals surface area contributed by atoms with E-state index in [0.29, 0.717) is 12.1 Å². The van der Waals surface area contributed by atoms with E-state index < -0.39 is 0 Å². The molecule has 0 N–H and O–H groups in total. The van der Waals surface area contributed by atoms with Crippen molar-refractivity contribution in [2.45, 2.75) is 19.8 Å². The van der Waals surface area contributed by atoms with Crippen molar-refractivity contribution < 1.29 is 4.92 Å². The maximum absolute atomic E-state index is 10.3. The quantitative estimate of drug-likeness (QED) is 0.466. The Hall–Kier alpha value is -1.38. The Morgan fingerprint density at radius 1 is 1.50 bits per heavy atom. The van der Waals surface area contributed by atoms with Crippen LogP contribution in [0.15, 0.2) is 35.6 Å². The summed E-state index contributed by atoms with van der Waals surface area (Å²) in [5.41, 5.74) is 1.46. The van der Waals surface area contributed by atoms with Crippen LogP contribution in [-0.2, 0) is 0 Å².